The third-order valence-corrected chi connectivity index (χ3v) is 8.35. The first-order chi connectivity index (χ1) is 19.5. The highest BCUT2D eigenvalue weighted by atomic mass is 35.5. The quantitative estimate of drug-likeness (QED) is 0.203. The van der Waals surface area contributed by atoms with E-state index in [-0.39, 0.29) is 27.7 Å². The number of rotatable bonds is 8. The van der Waals surface area contributed by atoms with Crippen molar-refractivity contribution < 1.29 is 26.9 Å². The van der Waals surface area contributed by atoms with Gasteiger partial charge >= 0.3 is 0 Å². The van der Waals surface area contributed by atoms with Gasteiger partial charge in [0, 0.05) is 28.1 Å². The average Bonchev–Trinajstić information content (AvgIpc) is 3.50. The van der Waals surface area contributed by atoms with Crippen LogP contribution in [0.2, 0.25) is 0 Å². The Morgan fingerprint density at radius 2 is 1.73 bits per heavy atom. The number of nitrogens with one attached hydrogen (secondary N) is 1. The summed E-state index contributed by atoms with van der Waals surface area (Å²) in [5.74, 6) is -0.589. The summed E-state index contributed by atoms with van der Waals surface area (Å²) in [6.45, 7) is 4.86. The van der Waals surface area contributed by atoms with Crippen LogP contribution in [0.3, 0.4) is 0 Å². The zero-order valence-electron chi connectivity index (χ0n) is 22.3. The number of benzene rings is 3. The molecule has 5 aromatic rings. The van der Waals surface area contributed by atoms with Crippen LogP contribution in [0.25, 0.3) is 16.9 Å². The van der Waals surface area contributed by atoms with E-state index >= 15 is 0 Å². The van der Waals surface area contributed by atoms with Crippen LogP contribution in [0.5, 0.6) is 5.75 Å². The topological polar surface area (TPSA) is 103 Å². The van der Waals surface area contributed by atoms with Crippen molar-refractivity contribution in [3.63, 3.8) is 0 Å². The monoisotopic (exact) mass is 593 g/mol. The van der Waals surface area contributed by atoms with Crippen LogP contribution >= 0.6 is 11.6 Å². The lowest BCUT2D eigenvalue weighted by Gasteiger charge is -2.18. The summed E-state index contributed by atoms with van der Waals surface area (Å²) >= 11 is 6.52. The molecule has 0 aliphatic heterocycles. The highest BCUT2D eigenvalue weighted by molar-refractivity contribution is 7.90. The Balaban J connectivity index is 1.47. The normalized spacial score (nSPS) is 12.2. The molecule has 0 saturated heterocycles. The molecule has 2 aromatic heterocycles. The number of hydrogen-bond acceptors (Lipinski definition) is 6. The Morgan fingerprint density at radius 3 is 2.44 bits per heavy atom. The lowest BCUT2D eigenvalue weighted by molar-refractivity contribution is 0.0981. The molecule has 0 aliphatic rings. The zero-order chi connectivity index (χ0) is 29.3. The number of aromatic nitrogens is 2. The Labute approximate surface area is 241 Å². The van der Waals surface area contributed by atoms with Gasteiger partial charge in [0.25, 0.3) is 15.9 Å². The second-order valence-electron chi connectivity index (χ2n) is 9.32. The molecule has 2 heterocycles. The van der Waals surface area contributed by atoms with Gasteiger partial charge in [0.05, 0.1) is 5.69 Å². The first-order valence-corrected chi connectivity index (χ1v) is 14.4. The summed E-state index contributed by atoms with van der Waals surface area (Å²) in [6, 6.07) is 23.5. The zero-order valence-corrected chi connectivity index (χ0v) is 23.8. The van der Waals surface area contributed by atoms with E-state index in [0.717, 1.165) is 17.0 Å². The van der Waals surface area contributed by atoms with Crippen molar-refractivity contribution >= 4 is 27.5 Å². The van der Waals surface area contributed by atoms with E-state index in [1.807, 2.05) is 47.9 Å². The molecule has 0 spiro atoms. The van der Waals surface area contributed by atoms with Gasteiger partial charge in [-0.3, -0.25) is 4.79 Å². The molecule has 1 amide bonds. The second-order valence-corrected chi connectivity index (χ2v) is 11.3. The Hall–Kier alpha value is -4.41. The molecule has 0 bridgehead atoms. The fourth-order valence-corrected chi connectivity index (χ4v) is 6.09. The molecule has 210 valence electrons. The van der Waals surface area contributed by atoms with Gasteiger partial charge in [0.1, 0.15) is 17.3 Å². The van der Waals surface area contributed by atoms with Crippen LogP contribution in [-0.2, 0) is 10.0 Å². The first kappa shape index (κ1) is 28.1. The minimum absolute atomic E-state index is 0.0867. The predicted octanol–water partition coefficient (Wildman–Crippen LogP) is 6.63. The van der Waals surface area contributed by atoms with E-state index in [9.17, 15) is 17.6 Å². The lowest BCUT2D eigenvalue weighted by atomic mass is 10.1. The van der Waals surface area contributed by atoms with Gasteiger partial charge < -0.3 is 13.8 Å². The number of carbonyl (C=O) groups excluding carboxylic acids is 1. The standard InChI is InChI=1S/C30H25ClFN3O5S/c1-18-11-16-26(25-9-4-5-10-27(25)39-29(31)21-12-14-23(32)15-13-21)35(18)24-8-6-7-22(17-24)30(36)34-41(37,38)28-19(2)33-40-20(28)3/h4-17,29H,1-3H3,(H,34,36). The Bertz CT molecular complexity index is 1830. The maximum Gasteiger partial charge on any atom is 0.269 e. The fraction of sp³-hybridized carbons (Fsp3) is 0.133. The number of carbonyl (C=O) groups is 1. The molecular formula is C30H25ClFN3O5S. The van der Waals surface area contributed by atoms with Crippen molar-refractivity contribution in [2.45, 2.75) is 31.2 Å². The number of amides is 1. The highest BCUT2D eigenvalue weighted by Crippen LogP contribution is 2.36. The molecule has 1 N–H and O–H groups in total. The number of aryl methyl sites for hydroxylation is 3. The summed E-state index contributed by atoms with van der Waals surface area (Å²) in [6.07, 6.45) is 0. The van der Waals surface area contributed by atoms with Gasteiger partial charge in [0.15, 0.2) is 16.2 Å². The van der Waals surface area contributed by atoms with E-state index in [4.69, 9.17) is 20.9 Å². The van der Waals surface area contributed by atoms with Crippen LogP contribution in [0.4, 0.5) is 4.39 Å². The lowest BCUT2D eigenvalue weighted by Crippen LogP contribution is -2.31. The van der Waals surface area contributed by atoms with E-state index < -0.39 is 21.5 Å². The van der Waals surface area contributed by atoms with E-state index in [0.29, 0.717) is 17.0 Å². The molecule has 41 heavy (non-hydrogen) atoms. The van der Waals surface area contributed by atoms with E-state index in [2.05, 4.69) is 9.88 Å². The average molecular weight is 594 g/mol. The predicted molar refractivity (Wildman–Crippen MR) is 152 cm³/mol. The number of ether oxygens (including phenoxy) is 1. The van der Waals surface area contributed by atoms with Crippen LogP contribution < -0.4 is 9.46 Å². The summed E-state index contributed by atoms with van der Waals surface area (Å²) in [7, 11) is -4.21. The van der Waals surface area contributed by atoms with Crippen LogP contribution in [0, 0.1) is 26.6 Å². The summed E-state index contributed by atoms with van der Waals surface area (Å²) in [4.78, 5) is 12.9. The molecule has 3 aromatic carbocycles. The minimum Gasteiger partial charge on any atom is -0.470 e. The summed E-state index contributed by atoms with van der Waals surface area (Å²) < 4.78 is 54.2. The van der Waals surface area contributed by atoms with Crippen molar-refractivity contribution in [1.29, 1.82) is 0 Å². The SMILES string of the molecule is Cc1noc(C)c1S(=O)(=O)NC(=O)c1cccc(-n2c(C)ccc2-c2ccccc2OC(Cl)c2ccc(F)cc2)c1. The van der Waals surface area contributed by atoms with E-state index in [1.165, 1.54) is 32.0 Å². The molecule has 11 heteroatoms. The third-order valence-electron chi connectivity index (χ3n) is 6.43. The highest BCUT2D eigenvalue weighted by Gasteiger charge is 2.27. The van der Waals surface area contributed by atoms with Gasteiger partial charge in [-0.2, -0.15) is 0 Å². The Kier molecular flexibility index (Phi) is 7.70. The van der Waals surface area contributed by atoms with Crippen LogP contribution in [0.15, 0.2) is 94.3 Å². The van der Waals surface area contributed by atoms with Gasteiger partial charge in [-0.05, 0) is 75.4 Å². The Morgan fingerprint density at radius 1 is 1.00 bits per heavy atom. The maximum absolute atomic E-state index is 13.4. The smallest absolute Gasteiger partial charge is 0.269 e. The van der Waals surface area contributed by atoms with Gasteiger partial charge in [-0.15, -0.1) is 0 Å². The molecule has 1 unspecified atom stereocenters. The number of sulfonamides is 1. The second kappa shape index (κ2) is 11.2. The maximum atomic E-state index is 13.4. The molecule has 1 atom stereocenters. The van der Waals surface area contributed by atoms with Gasteiger partial charge in [0.2, 0.25) is 0 Å². The summed E-state index contributed by atoms with van der Waals surface area (Å²) in [5.41, 5.74) is 2.98. The van der Waals surface area contributed by atoms with Crippen molar-refractivity contribution in [2.75, 3.05) is 0 Å². The summed E-state index contributed by atoms with van der Waals surface area (Å²) in [5, 5.41) is 3.66. The molecule has 8 nitrogen and oxygen atoms in total. The molecule has 0 radical (unpaired) electrons. The molecule has 5 rings (SSSR count). The number of halogens is 2. The van der Waals surface area contributed by atoms with Gasteiger partial charge in [-0.25, -0.2) is 17.5 Å². The molecule has 0 fully saturated rings. The van der Waals surface area contributed by atoms with Crippen molar-refractivity contribution in [1.82, 2.24) is 14.4 Å². The number of nitrogens with zero attached hydrogens (tertiary/aromatic N) is 2. The number of para-hydroxylation sites is 1. The van der Waals surface area contributed by atoms with Gasteiger partial charge in [-0.1, -0.05) is 47.1 Å². The first-order valence-electron chi connectivity index (χ1n) is 12.5. The minimum atomic E-state index is -4.21. The molecule has 0 aliphatic carbocycles. The van der Waals surface area contributed by atoms with E-state index in [1.54, 1.807) is 30.3 Å². The number of hydrogen-bond donors (Lipinski definition) is 1. The van der Waals surface area contributed by atoms with Crippen molar-refractivity contribution in [2.24, 2.45) is 0 Å². The number of alkyl halides is 1. The largest absolute Gasteiger partial charge is 0.470 e. The van der Waals surface area contributed by atoms with Crippen LogP contribution in [-0.4, -0.2) is 24.0 Å². The molecule has 0 saturated carbocycles. The third kappa shape index (κ3) is 5.75. The van der Waals surface area contributed by atoms with Crippen LogP contribution in [0.1, 0.15) is 38.6 Å². The fourth-order valence-electron chi connectivity index (χ4n) is 4.54. The van der Waals surface area contributed by atoms with Crippen molar-refractivity contribution in [3.05, 3.63) is 119 Å². The van der Waals surface area contributed by atoms with Crippen molar-refractivity contribution in [3.8, 4) is 22.7 Å². The molecular weight excluding hydrogens is 569 g/mol.